The number of nitrogens with zero attached hydrogens (tertiary/aromatic N) is 2. The minimum atomic E-state index is -0.816. The summed E-state index contributed by atoms with van der Waals surface area (Å²) in [7, 11) is 1.55. The summed E-state index contributed by atoms with van der Waals surface area (Å²) in [5.41, 5.74) is -0.194. The van der Waals surface area contributed by atoms with E-state index in [1.165, 1.54) is 6.07 Å². The summed E-state index contributed by atoms with van der Waals surface area (Å²) >= 11 is 0. The maximum atomic E-state index is 13.4. The van der Waals surface area contributed by atoms with E-state index in [0.29, 0.717) is 19.7 Å². The largest absolute Gasteiger partial charge is 0.383 e. The molecule has 0 saturated carbocycles. The highest BCUT2D eigenvalue weighted by Crippen LogP contribution is 2.30. The van der Waals surface area contributed by atoms with E-state index in [-0.39, 0.29) is 5.69 Å². The van der Waals surface area contributed by atoms with Crippen molar-refractivity contribution in [1.82, 2.24) is 0 Å². The van der Waals surface area contributed by atoms with Gasteiger partial charge in [0.05, 0.1) is 11.5 Å². The average molecular weight is 242 g/mol. The third-order valence-corrected chi connectivity index (χ3v) is 2.44. The zero-order valence-electron chi connectivity index (χ0n) is 9.85. The smallest absolute Gasteiger partial charge is 0.327 e. The Morgan fingerprint density at radius 1 is 1.53 bits per heavy atom. The summed E-state index contributed by atoms with van der Waals surface area (Å²) < 4.78 is 18.3. The molecule has 0 radical (unpaired) electrons. The standard InChI is InChI=1S/C11H15FN2O3/c1-3-13(7-8-17-2)10-6-4-5-9(12)11(10)14(15)16/h4-6H,3,7-8H2,1-2H3. The molecular weight excluding hydrogens is 227 g/mol. The number of ether oxygens (including phenoxy) is 1. The zero-order chi connectivity index (χ0) is 12.8. The summed E-state index contributed by atoms with van der Waals surface area (Å²) in [6.07, 6.45) is 0. The molecule has 0 aliphatic heterocycles. The topological polar surface area (TPSA) is 55.6 Å². The number of hydrogen-bond donors (Lipinski definition) is 0. The first kappa shape index (κ1) is 13.4. The Morgan fingerprint density at radius 2 is 2.24 bits per heavy atom. The van der Waals surface area contributed by atoms with Gasteiger partial charge in [0.1, 0.15) is 5.69 Å². The van der Waals surface area contributed by atoms with E-state index in [1.807, 2.05) is 6.92 Å². The molecule has 0 amide bonds. The molecule has 0 fully saturated rings. The quantitative estimate of drug-likeness (QED) is 0.567. The van der Waals surface area contributed by atoms with Crippen molar-refractivity contribution in [2.45, 2.75) is 6.92 Å². The molecule has 0 N–H and O–H groups in total. The fourth-order valence-corrected chi connectivity index (χ4v) is 1.59. The van der Waals surface area contributed by atoms with Crippen LogP contribution in [0.1, 0.15) is 6.92 Å². The van der Waals surface area contributed by atoms with E-state index in [0.717, 1.165) is 6.07 Å². The van der Waals surface area contributed by atoms with Crippen molar-refractivity contribution >= 4 is 11.4 Å². The Bertz CT molecular complexity index is 398. The minimum Gasteiger partial charge on any atom is -0.383 e. The second-order valence-electron chi connectivity index (χ2n) is 3.44. The van der Waals surface area contributed by atoms with Crippen molar-refractivity contribution in [2.24, 2.45) is 0 Å². The van der Waals surface area contributed by atoms with Crippen LogP contribution in [0.3, 0.4) is 0 Å². The molecule has 1 aromatic rings. The summed E-state index contributed by atoms with van der Waals surface area (Å²) in [5, 5.41) is 10.8. The predicted molar refractivity (Wildman–Crippen MR) is 62.8 cm³/mol. The van der Waals surface area contributed by atoms with Crippen molar-refractivity contribution < 1.29 is 14.1 Å². The molecule has 6 heteroatoms. The third-order valence-electron chi connectivity index (χ3n) is 2.44. The highest BCUT2D eigenvalue weighted by molar-refractivity contribution is 5.63. The normalized spacial score (nSPS) is 10.3. The Labute approximate surface area is 98.9 Å². The first-order chi connectivity index (χ1) is 8.11. The van der Waals surface area contributed by atoms with Gasteiger partial charge >= 0.3 is 5.69 Å². The van der Waals surface area contributed by atoms with E-state index in [9.17, 15) is 14.5 Å². The third kappa shape index (κ3) is 3.13. The number of benzene rings is 1. The Morgan fingerprint density at radius 3 is 2.76 bits per heavy atom. The second-order valence-corrected chi connectivity index (χ2v) is 3.44. The highest BCUT2D eigenvalue weighted by atomic mass is 19.1. The molecule has 0 aliphatic carbocycles. The number of likely N-dealkylation sites (N-methyl/N-ethyl adjacent to an activating group) is 1. The molecule has 0 aromatic heterocycles. The fourth-order valence-electron chi connectivity index (χ4n) is 1.59. The highest BCUT2D eigenvalue weighted by Gasteiger charge is 2.23. The van der Waals surface area contributed by atoms with Gasteiger partial charge in [-0.1, -0.05) is 6.07 Å². The molecule has 0 unspecified atom stereocenters. The number of para-hydroxylation sites is 1. The van der Waals surface area contributed by atoms with Gasteiger partial charge in [0.15, 0.2) is 0 Å². The van der Waals surface area contributed by atoms with E-state index in [2.05, 4.69) is 0 Å². The van der Waals surface area contributed by atoms with E-state index in [1.54, 1.807) is 18.1 Å². The monoisotopic (exact) mass is 242 g/mol. The van der Waals surface area contributed by atoms with Crippen LogP contribution in [-0.2, 0) is 4.74 Å². The van der Waals surface area contributed by atoms with Crippen LogP contribution in [0.2, 0.25) is 0 Å². The van der Waals surface area contributed by atoms with Gasteiger partial charge in [-0.3, -0.25) is 10.1 Å². The molecule has 0 heterocycles. The van der Waals surface area contributed by atoms with Crippen molar-refractivity contribution in [3.8, 4) is 0 Å². The van der Waals surface area contributed by atoms with Crippen LogP contribution in [-0.4, -0.2) is 31.7 Å². The number of nitro groups is 1. The number of anilines is 1. The fraction of sp³-hybridized carbons (Fsp3) is 0.455. The predicted octanol–water partition coefficient (Wildman–Crippen LogP) is 2.21. The van der Waals surface area contributed by atoms with E-state index >= 15 is 0 Å². The SMILES string of the molecule is CCN(CCOC)c1cccc(F)c1[N+](=O)[O-]. The van der Waals surface area contributed by atoms with Gasteiger partial charge in [-0.25, -0.2) is 0 Å². The first-order valence-corrected chi connectivity index (χ1v) is 5.28. The van der Waals surface area contributed by atoms with Crippen molar-refractivity contribution in [3.05, 3.63) is 34.1 Å². The van der Waals surface area contributed by atoms with Crippen LogP contribution in [0.15, 0.2) is 18.2 Å². The number of methoxy groups -OCH3 is 1. The Hall–Kier alpha value is -1.69. The van der Waals surface area contributed by atoms with Crippen molar-refractivity contribution in [1.29, 1.82) is 0 Å². The molecule has 0 spiro atoms. The molecule has 0 bridgehead atoms. The summed E-state index contributed by atoms with van der Waals surface area (Å²) in [4.78, 5) is 11.9. The summed E-state index contributed by atoms with van der Waals surface area (Å²) in [5.74, 6) is -0.816. The summed E-state index contributed by atoms with van der Waals surface area (Å²) in [6, 6.07) is 4.10. The van der Waals surface area contributed by atoms with Gasteiger partial charge in [-0.05, 0) is 19.1 Å². The lowest BCUT2D eigenvalue weighted by Crippen LogP contribution is -2.27. The van der Waals surface area contributed by atoms with Gasteiger partial charge in [0, 0.05) is 20.2 Å². The van der Waals surface area contributed by atoms with E-state index in [4.69, 9.17) is 4.74 Å². The second kappa shape index (κ2) is 6.15. The molecule has 1 rings (SSSR count). The van der Waals surface area contributed by atoms with Gasteiger partial charge < -0.3 is 9.64 Å². The van der Waals surface area contributed by atoms with Gasteiger partial charge in [0.2, 0.25) is 5.82 Å². The van der Waals surface area contributed by atoms with Gasteiger partial charge in [-0.2, -0.15) is 4.39 Å². The molecule has 0 saturated heterocycles. The lowest BCUT2D eigenvalue weighted by Gasteiger charge is -2.22. The minimum absolute atomic E-state index is 0.287. The molecule has 5 nitrogen and oxygen atoms in total. The van der Waals surface area contributed by atoms with E-state index < -0.39 is 16.4 Å². The lowest BCUT2D eigenvalue weighted by atomic mass is 10.2. The molecule has 0 atom stereocenters. The zero-order valence-corrected chi connectivity index (χ0v) is 9.85. The van der Waals surface area contributed by atoms with Crippen molar-refractivity contribution in [2.75, 3.05) is 31.7 Å². The number of rotatable bonds is 6. The number of halogens is 1. The number of nitro benzene ring substituents is 1. The maximum absolute atomic E-state index is 13.4. The van der Waals surface area contributed by atoms with Crippen molar-refractivity contribution in [3.63, 3.8) is 0 Å². The van der Waals surface area contributed by atoms with Crippen LogP contribution in [0.25, 0.3) is 0 Å². The Balaban J connectivity index is 3.09. The Kier molecular flexibility index (Phi) is 4.84. The van der Waals surface area contributed by atoms with Crippen LogP contribution in [0, 0.1) is 15.9 Å². The average Bonchev–Trinajstić information content (AvgIpc) is 2.29. The first-order valence-electron chi connectivity index (χ1n) is 5.28. The van der Waals surface area contributed by atoms with Gasteiger partial charge in [0.25, 0.3) is 0 Å². The lowest BCUT2D eigenvalue weighted by molar-refractivity contribution is -0.386. The van der Waals surface area contributed by atoms with Crippen LogP contribution in [0.5, 0.6) is 0 Å². The molecule has 17 heavy (non-hydrogen) atoms. The molecule has 1 aromatic carbocycles. The summed E-state index contributed by atoms with van der Waals surface area (Å²) in [6.45, 7) is 3.32. The maximum Gasteiger partial charge on any atom is 0.327 e. The van der Waals surface area contributed by atoms with Crippen LogP contribution >= 0.6 is 0 Å². The molecule has 94 valence electrons. The molecular formula is C11H15FN2O3. The van der Waals surface area contributed by atoms with Gasteiger partial charge in [-0.15, -0.1) is 0 Å². The molecule has 0 aliphatic rings. The van der Waals surface area contributed by atoms with Crippen LogP contribution < -0.4 is 4.90 Å². The number of hydrogen-bond acceptors (Lipinski definition) is 4. The van der Waals surface area contributed by atoms with Crippen LogP contribution in [0.4, 0.5) is 15.8 Å².